The SMILES string of the molecule is CCc1c(C)c2cc3nc(cc4nc(c5c6[n-]c(cc1[n-]2)c(C)c6C([O-])=C5C(=O)OC)[C@@H](CCC(=O)[O-])[C@@H]4C)C(C)=C3C(C)O.[Mg+2]. The Labute approximate surface area is 282 Å². The van der Waals surface area contributed by atoms with Crippen LogP contribution in [0.5, 0.6) is 0 Å². The van der Waals surface area contributed by atoms with E-state index in [4.69, 9.17) is 24.7 Å². The molecule has 10 nitrogen and oxygen atoms in total. The average molecular weight is 631 g/mol. The van der Waals surface area contributed by atoms with Crippen LogP contribution in [0.15, 0.2) is 18.2 Å². The molecule has 8 bridgehead atoms. The van der Waals surface area contributed by atoms with E-state index in [1.54, 1.807) is 13.8 Å². The van der Waals surface area contributed by atoms with Gasteiger partial charge in [-0.2, -0.15) is 0 Å². The molecule has 2 aliphatic heterocycles. The fraction of sp³-hybridized carbons (Fsp3) is 0.371. The van der Waals surface area contributed by atoms with Crippen LogP contribution in [0, 0.1) is 13.8 Å². The van der Waals surface area contributed by atoms with Gasteiger partial charge < -0.3 is 34.8 Å². The first-order valence-electron chi connectivity index (χ1n) is 15.1. The number of carboxylic acid groups (broad SMARTS) is 1. The predicted octanol–water partition coefficient (Wildman–Crippen LogP) is 2.82. The first-order chi connectivity index (χ1) is 21.4. The minimum Gasteiger partial charge on any atom is -0.871 e. The number of rotatable bonds is 6. The van der Waals surface area contributed by atoms with Crippen LogP contribution in [0.1, 0.15) is 103 Å². The number of aromatic nitrogens is 4. The molecule has 0 fully saturated rings. The largest absolute Gasteiger partial charge is 2.00 e. The molecule has 0 saturated heterocycles. The van der Waals surface area contributed by atoms with Crippen molar-refractivity contribution < 1.29 is 29.6 Å². The Bertz CT molecular complexity index is 2030. The number of hydrogen-bond donors (Lipinski definition) is 1. The predicted molar refractivity (Wildman–Crippen MR) is 172 cm³/mol. The number of methoxy groups -OCH3 is 1. The summed E-state index contributed by atoms with van der Waals surface area (Å²) >= 11 is 0. The molecule has 3 atom stereocenters. The Morgan fingerprint density at radius 3 is 2.35 bits per heavy atom. The third-order valence-corrected chi connectivity index (χ3v) is 9.44. The van der Waals surface area contributed by atoms with Gasteiger partial charge in [0.25, 0.3) is 0 Å². The molecular formula is C35H34MgN4O6-2. The number of hydrogen-bond acceptors (Lipinski definition) is 8. The zero-order valence-corrected chi connectivity index (χ0v) is 28.5. The zero-order valence-electron chi connectivity index (χ0n) is 27.1. The van der Waals surface area contributed by atoms with Crippen molar-refractivity contribution in [3.63, 3.8) is 0 Å². The van der Waals surface area contributed by atoms with Crippen molar-refractivity contribution in [3.8, 4) is 0 Å². The van der Waals surface area contributed by atoms with Gasteiger partial charge in [0.1, 0.15) is 0 Å². The van der Waals surface area contributed by atoms with Crippen molar-refractivity contribution in [2.24, 2.45) is 0 Å². The summed E-state index contributed by atoms with van der Waals surface area (Å²) in [6, 6.07) is 5.58. The molecule has 1 unspecified atom stereocenters. The molecule has 3 aromatic heterocycles. The standard InChI is InChI=1S/C35H38N4O6.Mg/c1-8-19-14(2)21-13-26-28(18(6)40)16(4)23(37-26)11-22-15(3)20(9-10-27(41)42)32(38-22)30-31(35(44)45-7)34(43)29-17(5)24(39-33(29)30)12-25(19)36-21;/h11-13,15,18,20,40H,8-10H2,1-7H3,(H4,36,37,38,39,41,42,43,44);/q;+2/p-4/t15-,18?,20-;/m0./s1. The van der Waals surface area contributed by atoms with E-state index in [-0.39, 0.29) is 52.9 Å². The molecule has 234 valence electrons. The van der Waals surface area contributed by atoms with Gasteiger partial charge in [0.2, 0.25) is 0 Å². The molecule has 1 N–H and O–H groups in total. The zero-order chi connectivity index (χ0) is 32.5. The molecule has 5 heterocycles. The van der Waals surface area contributed by atoms with E-state index in [2.05, 4.69) is 0 Å². The number of carbonyl (C=O) groups is 2. The Hall–Kier alpha value is -3.93. The second-order valence-electron chi connectivity index (χ2n) is 12.0. The summed E-state index contributed by atoms with van der Waals surface area (Å²) in [6.45, 7) is 11.4. The summed E-state index contributed by atoms with van der Waals surface area (Å²) in [5.41, 5.74) is 9.02. The molecule has 0 amide bonds. The number of aliphatic hydroxyl groups is 1. The van der Waals surface area contributed by atoms with Crippen LogP contribution in [-0.4, -0.2) is 63.3 Å². The van der Waals surface area contributed by atoms with Gasteiger partial charge in [0.05, 0.1) is 35.9 Å². The molecular weight excluding hydrogens is 597 g/mol. The molecule has 11 heteroatoms. The summed E-state index contributed by atoms with van der Waals surface area (Å²) in [7, 11) is 1.21. The van der Waals surface area contributed by atoms with E-state index in [1.807, 2.05) is 45.9 Å². The smallest absolute Gasteiger partial charge is 0.871 e. The number of esters is 1. The quantitative estimate of drug-likeness (QED) is 0.316. The molecule has 0 aromatic carbocycles. The van der Waals surface area contributed by atoms with Crippen molar-refractivity contribution in [1.29, 1.82) is 0 Å². The molecule has 3 aromatic rings. The second kappa shape index (κ2) is 12.3. The number of allylic oxidation sites excluding steroid dienone is 1. The summed E-state index contributed by atoms with van der Waals surface area (Å²) < 4.78 is 5.06. The third kappa shape index (κ3) is 5.14. The van der Waals surface area contributed by atoms with Crippen LogP contribution in [-0.2, 0) is 20.7 Å². The Morgan fingerprint density at radius 1 is 1.02 bits per heavy atom. The number of fused-ring (bicyclic) bond motifs is 8. The van der Waals surface area contributed by atoms with Gasteiger partial charge in [-0.1, -0.05) is 48.4 Å². The first-order valence-corrected chi connectivity index (χ1v) is 15.1. The third-order valence-electron chi connectivity index (χ3n) is 9.44. The number of nitrogens with zero attached hydrogens (tertiary/aromatic N) is 4. The van der Waals surface area contributed by atoms with Crippen LogP contribution in [0.4, 0.5) is 0 Å². The van der Waals surface area contributed by atoms with Crippen LogP contribution >= 0.6 is 0 Å². The van der Waals surface area contributed by atoms with Gasteiger partial charge >= 0.3 is 29.0 Å². The summed E-state index contributed by atoms with van der Waals surface area (Å²) in [5.74, 6) is -3.27. The Balaban J connectivity index is 0.00000417. The normalized spacial score (nSPS) is 17.7. The van der Waals surface area contributed by atoms with E-state index in [0.29, 0.717) is 62.4 Å². The van der Waals surface area contributed by atoms with Gasteiger partial charge in [0.15, 0.2) is 0 Å². The number of aliphatic carboxylic acids is 1. The summed E-state index contributed by atoms with van der Waals surface area (Å²) in [6.07, 6.45) is -0.161. The van der Waals surface area contributed by atoms with E-state index < -0.39 is 29.7 Å². The molecule has 1 aliphatic carbocycles. The van der Waals surface area contributed by atoms with E-state index in [0.717, 1.165) is 22.2 Å². The van der Waals surface area contributed by atoms with Crippen molar-refractivity contribution in [2.75, 3.05) is 7.11 Å². The van der Waals surface area contributed by atoms with Crippen LogP contribution < -0.4 is 20.2 Å². The molecule has 3 aliphatic rings. The van der Waals surface area contributed by atoms with Crippen molar-refractivity contribution in [2.45, 2.75) is 78.7 Å². The maximum absolute atomic E-state index is 13.9. The maximum atomic E-state index is 13.9. The monoisotopic (exact) mass is 630 g/mol. The van der Waals surface area contributed by atoms with E-state index >= 15 is 0 Å². The van der Waals surface area contributed by atoms with Gasteiger partial charge in [-0.25, -0.2) is 9.78 Å². The topological polar surface area (TPSA) is 164 Å². The van der Waals surface area contributed by atoms with Crippen molar-refractivity contribution >= 4 is 79.5 Å². The van der Waals surface area contributed by atoms with Gasteiger partial charge in [-0.3, -0.25) is 4.98 Å². The van der Waals surface area contributed by atoms with Gasteiger partial charge in [0, 0.05) is 29.1 Å². The average Bonchev–Trinajstić information content (AvgIpc) is 3.72. The maximum Gasteiger partial charge on any atom is 2.00 e. The number of carboxylic acids is 1. The first kappa shape index (κ1) is 33.4. The molecule has 0 saturated carbocycles. The molecule has 0 spiro atoms. The molecule has 0 radical (unpaired) electrons. The van der Waals surface area contributed by atoms with Gasteiger partial charge in [-0.05, 0) is 69.7 Å². The van der Waals surface area contributed by atoms with Crippen LogP contribution in [0.25, 0.3) is 44.5 Å². The Morgan fingerprint density at radius 2 is 1.72 bits per heavy atom. The van der Waals surface area contributed by atoms with Crippen LogP contribution in [0.2, 0.25) is 0 Å². The molecule has 6 rings (SSSR count). The van der Waals surface area contributed by atoms with E-state index in [1.165, 1.54) is 7.11 Å². The minimum absolute atomic E-state index is 0. The fourth-order valence-electron chi connectivity index (χ4n) is 7.02. The fourth-order valence-corrected chi connectivity index (χ4v) is 7.02. The van der Waals surface area contributed by atoms with Crippen LogP contribution in [0.3, 0.4) is 0 Å². The number of aryl methyl sites for hydroxylation is 3. The summed E-state index contributed by atoms with van der Waals surface area (Å²) in [5, 5.41) is 36.3. The second-order valence-corrected chi connectivity index (χ2v) is 12.0. The minimum atomic E-state index is -1.21. The van der Waals surface area contributed by atoms with Crippen molar-refractivity contribution in [1.82, 2.24) is 19.9 Å². The Kier molecular flexibility index (Phi) is 8.97. The van der Waals surface area contributed by atoms with Crippen molar-refractivity contribution in [3.05, 3.63) is 68.8 Å². The number of ether oxygens (including phenoxy) is 1. The molecule has 46 heavy (non-hydrogen) atoms. The number of aliphatic hydroxyl groups excluding tert-OH is 1. The number of carbonyl (C=O) groups excluding carboxylic acids is 2. The van der Waals surface area contributed by atoms with Gasteiger partial charge in [-0.15, -0.1) is 22.1 Å². The summed E-state index contributed by atoms with van der Waals surface area (Å²) in [4.78, 5) is 44.5. The van der Waals surface area contributed by atoms with E-state index in [9.17, 15) is 24.9 Å².